The molecular weight excluding hydrogens is 445 g/mol. The first kappa shape index (κ1) is 27.9. The maximum Gasteiger partial charge on any atom is 0.320 e. The summed E-state index contributed by atoms with van der Waals surface area (Å²) in [4.78, 5) is 43.0. The number of carbonyl (C=O) groups is 3. The number of nitrogens with two attached hydrogens (primary N) is 1. The number of halogens is 2. The maximum absolute atomic E-state index is 12.9. The molecule has 31 heavy (non-hydrogen) atoms. The van der Waals surface area contributed by atoms with Crippen LogP contribution in [0.1, 0.15) is 32.6 Å². The largest absolute Gasteiger partial charge is 0.454 e. The van der Waals surface area contributed by atoms with E-state index in [0.29, 0.717) is 32.0 Å². The van der Waals surface area contributed by atoms with E-state index in [1.165, 1.54) is 12.8 Å². The van der Waals surface area contributed by atoms with Crippen LogP contribution in [0.2, 0.25) is 0 Å². The SMILES string of the molecule is CC(OC(=O)CN)C(=O)C1CCN(C(=O)N2CCN(C3CCNCC3)CC2)CC1.Cl.Cl. The van der Waals surface area contributed by atoms with E-state index in [0.717, 1.165) is 39.3 Å². The number of likely N-dealkylation sites (tertiary alicyclic amines) is 1. The maximum atomic E-state index is 12.9. The van der Waals surface area contributed by atoms with Crippen molar-refractivity contribution in [3.8, 4) is 0 Å². The van der Waals surface area contributed by atoms with Crippen molar-refractivity contribution in [3.05, 3.63) is 0 Å². The number of piperidine rings is 2. The first-order valence-corrected chi connectivity index (χ1v) is 10.9. The predicted molar refractivity (Wildman–Crippen MR) is 123 cm³/mol. The second-order valence-electron chi connectivity index (χ2n) is 8.29. The van der Waals surface area contributed by atoms with Gasteiger partial charge in [-0.1, -0.05) is 0 Å². The summed E-state index contributed by atoms with van der Waals surface area (Å²) in [5.41, 5.74) is 5.23. The molecule has 9 nitrogen and oxygen atoms in total. The lowest BCUT2D eigenvalue weighted by atomic mass is 9.90. The topological polar surface area (TPSA) is 108 Å². The number of nitrogens with zero attached hydrogens (tertiary/aromatic N) is 3. The van der Waals surface area contributed by atoms with Crippen molar-refractivity contribution in [2.45, 2.75) is 44.8 Å². The highest BCUT2D eigenvalue weighted by molar-refractivity contribution is 5.87. The summed E-state index contributed by atoms with van der Waals surface area (Å²) in [6, 6.07) is 0.731. The number of hydrogen-bond acceptors (Lipinski definition) is 7. The van der Waals surface area contributed by atoms with Gasteiger partial charge in [0.05, 0.1) is 6.54 Å². The first-order valence-electron chi connectivity index (χ1n) is 10.9. The molecular formula is C20H37Cl2N5O4. The molecule has 3 fully saturated rings. The molecule has 0 aliphatic carbocycles. The van der Waals surface area contributed by atoms with Gasteiger partial charge in [0, 0.05) is 51.2 Å². The van der Waals surface area contributed by atoms with E-state index in [9.17, 15) is 14.4 Å². The van der Waals surface area contributed by atoms with Gasteiger partial charge in [-0.05, 0) is 45.7 Å². The lowest BCUT2D eigenvalue weighted by Crippen LogP contribution is -2.57. The Kier molecular flexibility index (Phi) is 12.1. The number of esters is 1. The summed E-state index contributed by atoms with van der Waals surface area (Å²) < 4.78 is 5.03. The predicted octanol–water partition coefficient (Wildman–Crippen LogP) is 0.491. The van der Waals surface area contributed by atoms with Crippen LogP contribution in [-0.2, 0) is 14.3 Å². The van der Waals surface area contributed by atoms with Gasteiger partial charge < -0.3 is 25.6 Å². The van der Waals surface area contributed by atoms with Gasteiger partial charge in [0.25, 0.3) is 0 Å². The van der Waals surface area contributed by atoms with Crippen molar-refractivity contribution < 1.29 is 19.1 Å². The quantitative estimate of drug-likeness (QED) is 0.550. The molecule has 0 radical (unpaired) electrons. The molecule has 3 rings (SSSR count). The molecule has 0 aromatic rings. The number of hydrogen-bond donors (Lipinski definition) is 2. The van der Waals surface area contributed by atoms with Gasteiger partial charge in [0.1, 0.15) is 0 Å². The molecule has 3 heterocycles. The Morgan fingerprint density at radius 2 is 1.48 bits per heavy atom. The van der Waals surface area contributed by atoms with E-state index in [-0.39, 0.29) is 49.1 Å². The molecule has 0 bridgehead atoms. The zero-order valence-corrected chi connectivity index (χ0v) is 19.9. The highest BCUT2D eigenvalue weighted by atomic mass is 35.5. The van der Waals surface area contributed by atoms with Gasteiger partial charge in [-0.3, -0.25) is 14.5 Å². The molecule has 1 atom stereocenters. The molecule has 1 unspecified atom stereocenters. The van der Waals surface area contributed by atoms with Gasteiger partial charge in [-0.25, -0.2) is 4.79 Å². The van der Waals surface area contributed by atoms with Crippen molar-refractivity contribution >= 4 is 42.6 Å². The minimum atomic E-state index is -0.777. The molecule has 11 heteroatoms. The summed E-state index contributed by atoms with van der Waals surface area (Å²) in [6.07, 6.45) is 2.83. The highest BCUT2D eigenvalue weighted by Gasteiger charge is 2.34. The van der Waals surface area contributed by atoms with E-state index < -0.39 is 12.1 Å². The number of nitrogens with one attached hydrogen (secondary N) is 1. The van der Waals surface area contributed by atoms with Crippen molar-refractivity contribution in [1.29, 1.82) is 0 Å². The Labute approximate surface area is 197 Å². The van der Waals surface area contributed by atoms with Gasteiger partial charge in [-0.2, -0.15) is 0 Å². The van der Waals surface area contributed by atoms with Gasteiger partial charge in [0.15, 0.2) is 11.9 Å². The van der Waals surface area contributed by atoms with E-state index >= 15 is 0 Å². The first-order chi connectivity index (χ1) is 14.0. The molecule has 2 amide bonds. The smallest absolute Gasteiger partial charge is 0.320 e. The molecule has 180 valence electrons. The fourth-order valence-electron chi connectivity index (χ4n) is 4.64. The Bertz CT molecular complexity index is 590. The lowest BCUT2D eigenvalue weighted by molar-refractivity contribution is -0.154. The van der Waals surface area contributed by atoms with Crippen LogP contribution in [0.5, 0.6) is 0 Å². The van der Waals surface area contributed by atoms with E-state index in [2.05, 4.69) is 10.2 Å². The summed E-state index contributed by atoms with van der Waals surface area (Å²) in [5.74, 6) is -0.812. The van der Waals surface area contributed by atoms with E-state index in [4.69, 9.17) is 10.5 Å². The Morgan fingerprint density at radius 3 is 2.03 bits per heavy atom. The molecule has 3 aliphatic heterocycles. The van der Waals surface area contributed by atoms with Crippen molar-refractivity contribution in [2.24, 2.45) is 11.7 Å². The van der Waals surface area contributed by atoms with Gasteiger partial charge in [-0.15, -0.1) is 24.8 Å². The average molecular weight is 482 g/mol. The molecule has 0 spiro atoms. The van der Waals surface area contributed by atoms with Crippen LogP contribution < -0.4 is 11.1 Å². The summed E-state index contributed by atoms with van der Waals surface area (Å²) in [6.45, 7) is 8.10. The number of rotatable bonds is 5. The number of ether oxygens (including phenoxy) is 1. The number of urea groups is 1. The average Bonchev–Trinajstić information content (AvgIpc) is 2.78. The van der Waals surface area contributed by atoms with Crippen LogP contribution in [0, 0.1) is 5.92 Å². The second-order valence-corrected chi connectivity index (χ2v) is 8.29. The number of carbonyl (C=O) groups excluding carboxylic acids is 3. The molecule has 3 aliphatic rings. The third-order valence-corrected chi connectivity index (χ3v) is 6.45. The van der Waals surface area contributed by atoms with Crippen LogP contribution in [0.3, 0.4) is 0 Å². The fraction of sp³-hybridized carbons (Fsp3) is 0.850. The van der Waals surface area contributed by atoms with Gasteiger partial charge in [0.2, 0.25) is 0 Å². The highest BCUT2D eigenvalue weighted by Crippen LogP contribution is 2.22. The van der Waals surface area contributed by atoms with Crippen LogP contribution in [0.15, 0.2) is 0 Å². The Morgan fingerprint density at radius 1 is 0.935 bits per heavy atom. The van der Waals surface area contributed by atoms with Crippen LogP contribution in [0.4, 0.5) is 4.79 Å². The fourth-order valence-corrected chi connectivity index (χ4v) is 4.64. The monoisotopic (exact) mass is 481 g/mol. The number of piperazine rings is 1. The number of ketones is 1. The molecule has 3 saturated heterocycles. The van der Waals surface area contributed by atoms with Gasteiger partial charge >= 0.3 is 12.0 Å². The zero-order chi connectivity index (χ0) is 20.8. The lowest BCUT2D eigenvalue weighted by Gasteiger charge is -2.43. The third kappa shape index (κ3) is 7.46. The van der Waals surface area contributed by atoms with Crippen molar-refractivity contribution in [2.75, 3.05) is 58.9 Å². The zero-order valence-electron chi connectivity index (χ0n) is 18.3. The number of amides is 2. The minimum absolute atomic E-state index is 0. The third-order valence-electron chi connectivity index (χ3n) is 6.45. The van der Waals surface area contributed by atoms with Crippen LogP contribution in [-0.4, -0.2) is 104 Å². The summed E-state index contributed by atoms with van der Waals surface area (Å²) in [5, 5.41) is 3.40. The molecule has 3 N–H and O–H groups in total. The standard InChI is InChI=1S/C20H35N5O4.2ClH/c1-15(29-18(26)14-21)19(27)16-4-8-24(9-5-16)20(28)25-12-10-23(11-13-25)17-2-6-22-7-3-17;;/h15-17,22H,2-14,21H2,1H3;2*1H. The Balaban J connectivity index is 0.00000240. The second kappa shape index (κ2) is 13.4. The minimum Gasteiger partial charge on any atom is -0.454 e. The normalized spacial score (nSPS) is 22.1. The van der Waals surface area contributed by atoms with Crippen molar-refractivity contribution in [3.63, 3.8) is 0 Å². The number of Topliss-reactive ketones (excluding diaryl/α,β-unsaturated/α-hetero) is 1. The summed E-state index contributed by atoms with van der Waals surface area (Å²) in [7, 11) is 0. The van der Waals surface area contributed by atoms with E-state index in [1.807, 2.05) is 9.80 Å². The molecule has 0 saturated carbocycles. The molecule has 0 aromatic carbocycles. The molecule has 0 aromatic heterocycles. The van der Waals surface area contributed by atoms with E-state index in [1.54, 1.807) is 6.92 Å². The Hall–Kier alpha value is -1.13. The summed E-state index contributed by atoms with van der Waals surface area (Å²) >= 11 is 0. The van der Waals surface area contributed by atoms with Crippen LogP contribution in [0.25, 0.3) is 0 Å². The van der Waals surface area contributed by atoms with Crippen LogP contribution >= 0.6 is 24.8 Å². The van der Waals surface area contributed by atoms with Crippen molar-refractivity contribution in [1.82, 2.24) is 20.0 Å².